The van der Waals surface area contributed by atoms with Crippen LogP contribution >= 0.6 is 0 Å². The Kier molecular flexibility index (Phi) is 6.61. The standard InChI is InChI=1S/C31H30O3/c1-6-33-30(32)26-12-9-22(10-13-26)7-8-23-11-18-29-27(19-23)28(20-31(4,5)34-29)25-16-14-24(15-17-25)21(2)3/h9-21H,6H2,1-5H3. The summed E-state index contributed by atoms with van der Waals surface area (Å²) in [5.41, 5.74) is 6.56. The molecule has 0 saturated heterocycles. The van der Waals surface area contributed by atoms with Gasteiger partial charge >= 0.3 is 5.97 Å². The van der Waals surface area contributed by atoms with Gasteiger partial charge in [-0.05, 0) is 91.9 Å². The van der Waals surface area contributed by atoms with Crippen LogP contribution in [0.15, 0.2) is 72.8 Å². The van der Waals surface area contributed by atoms with Crippen molar-refractivity contribution in [2.45, 2.75) is 46.1 Å². The van der Waals surface area contributed by atoms with Crippen LogP contribution < -0.4 is 4.74 Å². The molecule has 3 aromatic rings. The lowest BCUT2D eigenvalue weighted by atomic mass is 9.88. The minimum Gasteiger partial charge on any atom is -0.483 e. The van der Waals surface area contributed by atoms with Gasteiger partial charge < -0.3 is 9.47 Å². The third-order valence-corrected chi connectivity index (χ3v) is 5.77. The molecule has 0 spiro atoms. The largest absolute Gasteiger partial charge is 0.483 e. The fraction of sp³-hybridized carbons (Fsp3) is 0.258. The predicted octanol–water partition coefficient (Wildman–Crippen LogP) is 6.99. The molecule has 4 rings (SSSR count). The zero-order valence-electron chi connectivity index (χ0n) is 20.4. The maximum Gasteiger partial charge on any atom is 0.338 e. The van der Waals surface area contributed by atoms with Gasteiger partial charge in [0.25, 0.3) is 0 Å². The molecule has 3 heteroatoms. The summed E-state index contributed by atoms with van der Waals surface area (Å²) in [7, 11) is 0. The molecule has 0 atom stereocenters. The van der Waals surface area contributed by atoms with Crippen molar-refractivity contribution in [1.29, 1.82) is 0 Å². The van der Waals surface area contributed by atoms with Crippen LogP contribution in [0.3, 0.4) is 0 Å². The van der Waals surface area contributed by atoms with Crippen LogP contribution in [0.5, 0.6) is 5.75 Å². The fourth-order valence-electron chi connectivity index (χ4n) is 3.98. The highest BCUT2D eigenvalue weighted by molar-refractivity contribution is 5.89. The normalized spacial score (nSPS) is 13.8. The summed E-state index contributed by atoms with van der Waals surface area (Å²) in [5, 5.41) is 0. The van der Waals surface area contributed by atoms with E-state index in [0.717, 1.165) is 28.0 Å². The molecule has 3 aromatic carbocycles. The van der Waals surface area contributed by atoms with E-state index in [1.54, 1.807) is 19.1 Å². The van der Waals surface area contributed by atoms with Gasteiger partial charge in [-0.3, -0.25) is 0 Å². The van der Waals surface area contributed by atoms with Gasteiger partial charge in [-0.1, -0.05) is 50.0 Å². The van der Waals surface area contributed by atoms with Crippen LogP contribution in [-0.4, -0.2) is 18.2 Å². The molecule has 3 nitrogen and oxygen atoms in total. The Morgan fingerprint density at radius 1 is 0.941 bits per heavy atom. The number of carbonyl (C=O) groups is 1. The van der Waals surface area contributed by atoms with Crippen LogP contribution in [0.4, 0.5) is 0 Å². The van der Waals surface area contributed by atoms with Crippen LogP contribution in [0.1, 0.15) is 78.7 Å². The molecular formula is C31H30O3. The molecule has 0 radical (unpaired) electrons. The smallest absolute Gasteiger partial charge is 0.338 e. The van der Waals surface area contributed by atoms with Gasteiger partial charge in [-0.25, -0.2) is 4.79 Å². The Morgan fingerprint density at radius 3 is 2.24 bits per heavy atom. The molecule has 34 heavy (non-hydrogen) atoms. The Bertz CT molecular complexity index is 1280. The molecule has 0 N–H and O–H groups in total. The third-order valence-electron chi connectivity index (χ3n) is 5.77. The zero-order chi connectivity index (χ0) is 24.3. The van der Waals surface area contributed by atoms with Gasteiger partial charge in [-0.15, -0.1) is 0 Å². The van der Waals surface area contributed by atoms with Gasteiger partial charge in [-0.2, -0.15) is 0 Å². The molecule has 0 aromatic heterocycles. The molecule has 1 aliphatic rings. The maximum atomic E-state index is 11.8. The van der Waals surface area contributed by atoms with Gasteiger partial charge in [0.05, 0.1) is 12.2 Å². The lowest BCUT2D eigenvalue weighted by molar-refractivity contribution is 0.0526. The second-order valence-corrected chi connectivity index (χ2v) is 9.30. The number of rotatable bonds is 4. The second-order valence-electron chi connectivity index (χ2n) is 9.30. The molecule has 172 valence electrons. The lowest BCUT2D eigenvalue weighted by Crippen LogP contribution is -2.29. The molecule has 0 saturated carbocycles. The zero-order valence-corrected chi connectivity index (χ0v) is 20.4. The van der Waals surface area contributed by atoms with E-state index in [1.807, 2.05) is 24.3 Å². The third kappa shape index (κ3) is 5.24. The number of carbonyl (C=O) groups excluding carboxylic acids is 1. The minimum absolute atomic E-state index is 0.319. The van der Waals surface area contributed by atoms with E-state index in [1.165, 1.54) is 11.1 Å². The van der Waals surface area contributed by atoms with E-state index in [0.29, 0.717) is 18.1 Å². The number of benzene rings is 3. The summed E-state index contributed by atoms with van der Waals surface area (Å²) in [5.74, 6) is 7.48. The summed E-state index contributed by atoms with van der Waals surface area (Å²) in [6.07, 6.45) is 2.19. The van der Waals surface area contributed by atoms with Crippen LogP contribution in [0.25, 0.3) is 5.57 Å². The maximum absolute atomic E-state index is 11.8. The number of hydrogen-bond acceptors (Lipinski definition) is 3. The number of esters is 1. The quantitative estimate of drug-likeness (QED) is 0.317. The molecule has 0 bridgehead atoms. The first kappa shape index (κ1) is 23.4. The van der Waals surface area contributed by atoms with Gasteiger partial charge in [0.15, 0.2) is 0 Å². The van der Waals surface area contributed by atoms with E-state index in [9.17, 15) is 4.79 Å². The van der Waals surface area contributed by atoms with Gasteiger partial charge in [0.2, 0.25) is 0 Å². The van der Waals surface area contributed by atoms with Gasteiger partial charge in [0, 0.05) is 16.7 Å². The van der Waals surface area contributed by atoms with Crippen molar-refractivity contribution in [3.05, 3.63) is 106 Å². The molecule has 0 fully saturated rings. The first-order valence-corrected chi connectivity index (χ1v) is 11.7. The molecular weight excluding hydrogens is 420 g/mol. The summed E-state index contributed by atoms with van der Waals surface area (Å²) in [6.45, 7) is 10.7. The number of ether oxygens (including phenoxy) is 2. The lowest BCUT2D eigenvalue weighted by Gasteiger charge is -2.31. The average Bonchev–Trinajstić information content (AvgIpc) is 2.82. The van der Waals surface area contributed by atoms with E-state index in [-0.39, 0.29) is 5.97 Å². The van der Waals surface area contributed by atoms with Crippen molar-refractivity contribution in [3.8, 4) is 17.6 Å². The molecule has 1 heterocycles. The van der Waals surface area contributed by atoms with E-state index >= 15 is 0 Å². The first-order valence-electron chi connectivity index (χ1n) is 11.7. The number of fused-ring (bicyclic) bond motifs is 1. The second kappa shape index (κ2) is 9.61. The Balaban J connectivity index is 1.65. The average molecular weight is 451 g/mol. The Labute approximate surface area is 202 Å². The first-order chi connectivity index (χ1) is 16.3. The van der Waals surface area contributed by atoms with Gasteiger partial charge in [0.1, 0.15) is 11.4 Å². The Morgan fingerprint density at radius 2 is 1.59 bits per heavy atom. The van der Waals surface area contributed by atoms with Crippen LogP contribution in [0.2, 0.25) is 0 Å². The van der Waals surface area contributed by atoms with E-state index < -0.39 is 5.60 Å². The summed E-state index contributed by atoms with van der Waals surface area (Å²) in [4.78, 5) is 11.8. The fourth-order valence-corrected chi connectivity index (χ4v) is 3.98. The monoisotopic (exact) mass is 450 g/mol. The minimum atomic E-state index is -0.396. The predicted molar refractivity (Wildman–Crippen MR) is 137 cm³/mol. The highest BCUT2D eigenvalue weighted by atomic mass is 16.5. The summed E-state index contributed by atoms with van der Waals surface area (Å²) < 4.78 is 11.3. The highest BCUT2D eigenvalue weighted by Gasteiger charge is 2.27. The number of hydrogen-bond donors (Lipinski definition) is 0. The van der Waals surface area contributed by atoms with E-state index in [4.69, 9.17) is 9.47 Å². The summed E-state index contributed by atoms with van der Waals surface area (Å²) in [6, 6.07) is 22.0. The van der Waals surface area contributed by atoms with Crippen LogP contribution in [0, 0.1) is 11.8 Å². The topological polar surface area (TPSA) is 35.5 Å². The van der Waals surface area contributed by atoms with Crippen molar-refractivity contribution in [2.75, 3.05) is 6.61 Å². The van der Waals surface area contributed by atoms with Crippen LogP contribution in [-0.2, 0) is 4.74 Å². The molecule has 1 aliphatic heterocycles. The summed E-state index contributed by atoms with van der Waals surface area (Å²) >= 11 is 0. The molecule has 0 unspecified atom stereocenters. The van der Waals surface area contributed by atoms with E-state index in [2.05, 4.69) is 75.9 Å². The van der Waals surface area contributed by atoms with Crippen molar-refractivity contribution in [2.24, 2.45) is 0 Å². The Hall–Kier alpha value is -3.77. The van der Waals surface area contributed by atoms with Crippen molar-refractivity contribution < 1.29 is 14.3 Å². The van der Waals surface area contributed by atoms with Crippen molar-refractivity contribution in [3.63, 3.8) is 0 Å². The SMILES string of the molecule is CCOC(=O)c1ccc(C#Cc2ccc3c(c2)C(c2ccc(C(C)C)cc2)=CC(C)(C)O3)cc1. The molecule has 0 aliphatic carbocycles. The highest BCUT2D eigenvalue weighted by Crippen LogP contribution is 2.40. The molecule has 0 amide bonds. The van der Waals surface area contributed by atoms with Crippen molar-refractivity contribution in [1.82, 2.24) is 0 Å². The van der Waals surface area contributed by atoms with Crippen molar-refractivity contribution >= 4 is 11.5 Å².